The van der Waals surface area contributed by atoms with Crippen LogP contribution in [0.2, 0.25) is 0 Å². The van der Waals surface area contributed by atoms with Crippen molar-refractivity contribution < 1.29 is 19.4 Å². The summed E-state index contributed by atoms with van der Waals surface area (Å²) in [5.41, 5.74) is 2.72. The van der Waals surface area contributed by atoms with E-state index in [9.17, 15) is 9.90 Å². The number of hydrogen-bond acceptors (Lipinski definition) is 4. The van der Waals surface area contributed by atoms with Gasteiger partial charge in [0.2, 0.25) is 5.79 Å². The average molecular weight is 463 g/mol. The third-order valence-corrected chi connectivity index (χ3v) is 7.61. The molecule has 3 atom stereocenters. The zero-order valence-electron chi connectivity index (χ0n) is 23.4. The van der Waals surface area contributed by atoms with E-state index in [1.54, 1.807) is 6.92 Å². The molecule has 0 spiro atoms. The first-order valence-corrected chi connectivity index (χ1v) is 12.7. The van der Waals surface area contributed by atoms with Crippen molar-refractivity contribution in [3.05, 3.63) is 34.9 Å². The van der Waals surface area contributed by atoms with Gasteiger partial charge < -0.3 is 14.6 Å². The van der Waals surface area contributed by atoms with E-state index >= 15 is 0 Å². The van der Waals surface area contributed by atoms with Crippen molar-refractivity contribution in [2.24, 2.45) is 10.8 Å². The summed E-state index contributed by atoms with van der Waals surface area (Å²) in [6.45, 7) is 24.7. The minimum atomic E-state index is -1.59. The molecule has 0 aliphatic heterocycles. The van der Waals surface area contributed by atoms with Gasteiger partial charge in [0.05, 0.1) is 11.2 Å². The molecule has 0 saturated heterocycles. The summed E-state index contributed by atoms with van der Waals surface area (Å²) in [6, 6.07) is 5.87. The molecule has 4 heteroatoms. The number of hydrogen-bond donors (Lipinski definition) is 1. The molecule has 0 heterocycles. The molecular formula is C29H50O4. The van der Waals surface area contributed by atoms with E-state index in [0.29, 0.717) is 11.5 Å². The Morgan fingerprint density at radius 2 is 1.52 bits per heavy atom. The molecule has 3 unspecified atom stereocenters. The third-order valence-electron chi connectivity index (χ3n) is 7.61. The van der Waals surface area contributed by atoms with Crippen molar-refractivity contribution in [3.63, 3.8) is 0 Å². The van der Waals surface area contributed by atoms with Crippen LogP contribution in [0.15, 0.2) is 18.2 Å². The van der Waals surface area contributed by atoms with Crippen LogP contribution >= 0.6 is 0 Å². The highest BCUT2D eigenvalue weighted by molar-refractivity contribution is 5.90. The average Bonchev–Trinajstić information content (AvgIpc) is 2.70. The van der Waals surface area contributed by atoms with Gasteiger partial charge >= 0.3 is 5.97 Å². The Balaban J connectivity index is 3.34. The number of rotatable bonds is 11. The lowest BCUT2D eigenvalue weighted by atomic mass is 9.63. The van der Waals surface area contributed by atoms with Crippen molar-refractivity contribution in [3.8, 4) is 0 Å². The van der Waals surface area contributed by atoms with Gasteiger partial charge in [-0.1, -0.05) is 66.9 Å². The second kappa shape index (κ2) is 10.9. The standard InChI is InChI=1S/C29H50O4/c1-13-27(9,10)19-24(28(11,14-2)15-3)23-18-22(17-16-20(23)4)25(30)32-21(5)29(12,31)33-26(6,7)8/h16-18,21,24,31H,13-15,19H2,1-12H3. The van der Waals surface area contributed by atoms with Crippen LogP contribution in [-0.4, -0.2) is 28.6 Å². The zero-order chi connectivity index (χ0) is 25.8. The fourth-order valence-electron chi connectivity index (χ4n) is 4.36. The number of esters is 1. The number of carbonyl (C=O) groups excluding carboxylic acids is 1. The van der Waals surface area contributed by atoms with Crippen molar-refractivity contribution in [1.29, 1.82) is 0 Å². The lowest BCUT2D eigenvalue weighted by Gasteiger charge is -2.42. The molecule has 1 N–H and O–H groups in total. The monoisotopic (exact) mass is 462 g/mol. The summed E-state index contributed by atoms with van der Waals surface area (Å²) in [5.74, 6) is -1.69. The number of aryl methyl sites for hydroxylation is 1. The van der Waals surface area contributed by atoms with E-state index in [4.69, 9.17) is 9.47 Å². The van der Waals surface area contributed by atoms with E-state index < -0.39 is 23.5 Å². The summed E-state index contributed by atoms with van der Waals surface area (Å²) in [7, 11) is 0. The van der Waals surface area contributed by atoms with Gasteiger partial charge in [0.25, 0.3) is 0 Å². The van der Waals surface area contributed by atoms with E-state index in [2.05, 4.69) is 48.5 Å². The number of aliphatic hydroxyl groups is 1. The Labute approximate surface area is 203 Å². The van der Waals surface area contributed by atoms with Crippen molar-refractivity contribution in [2.45, 2.75) is 132 Å². The molecule has 0 radical (unpaired) electrons. The van der Waals surface area contributed by atoms with Crippen LogP contribution in [0.1, 0.15) is 129 Å². The minimum Gasteiger partial charge on any atom is -0.453 e. The SMILES string of the molecule is CCC(C)(C)CC(c1cc(C(=O)OC(C)C(C)(O)OC(C)(C)C)ccc1C)C(C)(CC)CC. The molecule has 0 fully saturated rings. The molecule has 0 aliphatic carbocycles. The Morgan fingerprint density at radius 1 is 0.970 bits per heavy atom. The van der Waals surface area contributed by atoms with Crippen LogP contribution in [0.5, 0.6) is 0 Å². The summed E-state index contributed by atoms with van der Waals surface area (Å²) in [6.07, 6.45) is 3.50. The van der Waals surface area contributed by atoms with Crippen molar-refractivity contribution >= 4 is 5.97 Å². The predicted octanol–water partition coefficient (Wildman–Crippen LogP) is 7.80. The molecule has 0 aliphatic rings. The van der Waals surface area contributed by atoms with Crippen LogP contribution in [0, 0.1) is 17.8 Å². The Kier molecular flexibility index (Phi) is 9.79. The van der Waals surface area contributed by atoms with Crippen LogP contribution in [0.3, 0.4) is 0 Å². The number of carbonyl (C=O) groups is 1. The summed E-state index contributed by atoms with van der Waals surface area (Å²) >= 11 is 0. The molecular weight excluding hydrogens is 412 g/mol. The van der Waals surface area contributed by atoms with E-state index in [-0.39, 0.29) is 10.8 Å². The normalized spacial score (nSPS) is 16.8. The highest BCUT2D eigenvalue weighted by atomic mass is 16.7. The summed E-state index contributed by atoms with van der Waals surface area (Å²) < 4.78 is 11.4. The van der Waals surface area contributed by atoms with Gasteiger partial charge in [0.1, 0.15) is 0 Å². The quantitative estimate of drug-likeness (QED) is 0.269. The van der Waals surface area contributed by atoms with Gasteiger partial charge in [0, 0.05) is 0 Å². The van der Waals surface area contributed by atoms with Crippen LogP contribution in [0.25, 0.3) is 0 Å². The van der Waals surface area contributed by atoms with Gasteiger partial charge in [0.15, 0.2) is 6.10 Å². The molecule has 190 valence electrons. The molecule has 0 aromatic heterocycles. The smallest absolute Gasteiger partial charge is 0.338 e. The maximum Gasteiger partial charge on any atom is 0.338 e. The Hall–Kier alpha value is -1.39. The van der Waals surface area contributed by atoms with Gasteiger partial charge in [-0.2, -0.15) is 0 Å². The predicted molar refractivity (Wildman–Crippen MR) is 138 cm³/mol. The lowest BCUT2D eigenvalue weighted by molar-refractivity contribution is -0.279. The Morgan fingerprint density at radius 3 is 1.97 bits per heavy atom. The van der Waals surface area contributed by atoms with Gasteiger partial charge in [-0.15, -0.1) is 0 Å². The third kappa shape index (κ3) is 8.10. The molecule has 33 heavy (non-hydrogen) atoms. The van der Waals surface area contributed by atoms with Gasteiger partial charge in [-0.25, -0.2) is 4.79 Å². The Bertz CT molecular complexity index is 781. The number of ether oxygens (including phenoxy) is 2. The van der Waals surface area contributed by atoms with Crippen LogP contribution in [0.4, 0.5) is 0 Å². The molecule has 1 rings (SSSR count). The maximum atomic E-state index is 13.1. The lowest BCUT2D eigenvalue weighted by Crippen LogP contribution is -2.47. The van der Waals surface area contributed by atoms with E-state index in [1.807, 2.05) is 39.0 Å². The second-order valence-corrected chi connectivity index (χ2v) is 12.0. The first-order valence-electron chi connectivity index (χ1n) is 12.7. The van der Waals surface area contributed by atoms with Gasteiger partial charge in [-0.3, -0.25) is 0 Å². The molecule has 0 saturated carbocycles. The highest BCUT2D eigenvalue weighted by Gasteiger charge is 2.38. The molecule has 4 nitrogen and oxygen atoms in total. The van der Waals surface area contributed by atoms with Crippen molar-refractivity contribution in [1.82, 2.24) is 0 Å². The largest absolute Gasteiger partial charge is 0.453 e. The maximum absolute atomic E-state index is 13.1. The molecule has 0 amide bonds. The van der Waals surface area contributed by atoms with Crippen LogP contribution in [-0.2, 0) is 9.47 Å². The second-order valence-electron chi connectivity index (χ2n) is 12.0. The molecule has 0 bridgehead atoms. The first kappa shape index (κ1) is 29.6. The van der Waals surface area contributed by atoms with Crippen LogP contribution < -0.4 is 0 Å². The summed E-state index contributed by atoms with van der Waals surface area (Å²) in [4.78, 5) is 13.1. The van der Waals surface area contributed by atoms with Gasteiger partial charge in [-0.05, 0) is 88.0 Å². The summed E-state index contributed by atoms with van der Waals surface area (Å²) in [5, 5.41) is 10.7. The minimum absolute atomic E-state index is 0.136. The number of benzene rings is 1. The van der Waals surface area contributed by atoms with Crippen molar-refractivity contribution in [2.75, 3.05) is 0 Å². The fourth-order valence-corrected chi connectivity index (χ4v) is 4.36. The fraction of sp³-hybridized carbons (Fsp3) is 0.759. The molecule has 1 aromatic rings. The zero-order valence-corrected chi connectivity index (χ0v) is 23.4. The van der Waals surface area contributed by atoms with E-state index in [0.717, 1.165) is 25.7 Å². The topological polar surface area (TPSA) is 55.8 Å². The molecule has 1 aromatic carbocycles. The first-order chi connectivity index (χ1) is 14.9. The van der Waals surface area contributed by atoms with E-state index in [1.165, 1.54) is 18.1 Å². The highest BCUT2D eigenvalue weighted by Crippen LogP contribution is 2.49.